The van der Waals surface area contributed by atoms with Crippen LogP contribution in [0, 0.1) is 6.92 Å². The van der Waals surface area contributed by atoms with Gasteiger partial charge in [-0.3, -0.25) is 14.3 Å². The molecule has 0 N–H and O–H groups in total. The van der Waals surface area contributed by atoms with Crippen LogP contribution in [0.3, 0.4) is 0 Å². The van der Waals surface area contributed by atoms with Crippen molar-refractivity contribution < 1.29 is 4.79 Å². The molecule has 0 radical (unpaired) electrons. The number of benzene rings is 1. The van der Waals surface area contributed by atoms with E-state index in [4.69, 9.17) is 23.2 Å². The van der Waals surface area contributed by atoms with Crippen molar-refractivity contribution in [3.05, 3.63) is 62.8 Å². The van der Waals surface area contributed by atoms with Gasteiger partial charge in [0.25, 0.3) is 5.56 Å². The van der Waals surface area contributed by atoms with E-state index in [0.29, 0.717) is 29.5 Å². The molecular formula is C19H18Cl2N6O2. The van der Waals surface area contributed by atoms with E-state index in [1.165, 1.54) is 10.9 Å². The summed E-state index contributed by atoms with van der Waals surface area (Å²) in [7, 11) is 1.80. The molecule has 1 aliphatic rings. The Labute approximate surface area is 176 Å². The first-order valence-electron chi connectivity index (χ1n) is 8.93. The Morgan fingerprint density at radius 1 is 1.03 bits per heavy atom. The molecule has 1 aliphatic heterocycles. The summed E-state index contributed by atoms with van der Waals surface area (Å²) < 4.78 is 2.84. The van der Waals surface area contributed by atoms with Crippen LogP contribution >= 0.6 is 23.2 Å². The van der Waals surface area contributed by atoms with E-state index in [2.05, 4.69) is 10.2 Å². The first-order valence-corrected chi connectivity index (χ1v) is 9.69. The molecule has 0 unspecified atom stereocenters. The molecule has 3 heterocycles. The number of piperazine rings is 1. The van der Waals surface area contributed by atoms with Crippen LogP contribution in [0.1, 0.15) is 5.56 Å². The number of halogens is 2. The van der Waals surface area contributed by atoms with E-state index in [1.54, 1.807) is 46.1 Å². The molecule has 1 saturated heterocycles. The molecule has 0 aliphatic carbocycles. The van der Waals surface area contributed by atoms with E-state index in [9.17, 15) is 9.59 Å². The lowest BCUT2D eigenvalue weighted by Gasteiger charge is -2.35. The Morgan fingerprint density at radius 3 is 2.48 bits per heavy atom. The van der Waals surface area contributed by atoms with Crippen molar-refractivity contribution in [2.75, 3.05) is 29.4 Å². The molecule has 3 aromatic rings. The Morgan fingerprint density at radius 2 is 1.83 bits per heavy atom. The van der Waals surface area contributed by atoms with Crippen molar-refractivity contribution in [2.24, 2.45) is 7.05 Å². The van der Waals surface area contributed by atoms with Gasteiger partial charge in [-0.25, -0.2) is 0 Å². The van der Waals surface area contributed by atoms with E-state index in [1.807, 2.05) is 13.0 Å². The summed E-state index contributed by atoms with van der Waals surface area (Å²) in [4.78, 5) is 28.8. The van der Waals surface area contributed by atoms with Gasteiger partial charge in [0.15, 0.2) is 0 Å². The SMILES string of the molecule is Cc1ccc(-n2ncc(N3CCN(c4cnn(C)c4)C(=O)C3)c(Cl)c2=O)cc1Cl. The van der Waals surface area contributed by atoms with Crippen molar-refractivity contribution in [2.45, 2.75) is 6.92 Å². The zero-order valence-corrected chi connectivity index (χ0v) is 17.4. The topological polar surface area (TPSA) is 76.3 Å². The molecular weight excluding hydrogens is 415 g/mol. The second-order valence-electron chi connectivity index (χ2n) is 6.83. The predicted octanol–water partition coefficient (Wildman–Crippen LogP) is 2.43. The number of carbonyl (C=O) groups excluding carboxylic acids is 1. The Balaban J connectivity index is 1.60. The minimum Gasteiger partial charge on any atom is -0.358 e. The third-order valence-electron chi connectivity index (χ3n) is 4.86. The smallest absolute Gasteiger partial charge is 0.292 e. The average Bonchev–Trinajstić information content (AvgIpc) is 3.12. The zero-order chi connectivity index (χ0) is 20.7. The predicted molar refractivity (Wildman–Crippen MR) is 112 cm³/mol. The summed E-state index contributed by atoms with van der Waals surface area (Å²) in [6, 6.07) is 5.23. The highest BCUT2D eigenvalue weighted by molar-refractivity contribution is 6.33. The second kappa shape index (κ2) is 7.53. The molecule has 0 saturated carbocycles. The molecule has 2 aromatic heterocycles. The quantitative estimate of drug-likeness (QED) is 0.634. The number of anilines is 2. The Kier molecular flexibility index (Phi) is 5.06. The van der Waals surface area contributed by atoms with Crippen LogP contribution in [0.25, 0.3) is 5.69 Å². The average molecular weight is 433 g/mol. The fourth-order valence-corrected chi connectivity index (χ4v) is 3.66. The number of aromatic nitrogens is 4. The van der Waals surface area contributed by atoms with Crippen molar-refractivity contribution in [3.63, 3.8) is 0 Å². The molecule has 1 amide bonds. The molecule has 1 fully saturated rings. The number of carbonyl (C=O) groups is 1. The zero-order valence-electron chi connectivity index (χ0n) is 15.8. The van der Waals surface area contributed by atoms with Gasteiger partial charge >= 0.3 is 0 Å². The number of hydrogen-bond donors (Lipinski definition) is 0. The molecule has 150 valence electrons. The largest absolute Gasteiger partial charge is 0.358 e. The summed E-state index contributed by atoms with van der Waals surface area (Å²) in [6.45, 7) is 2.94. The molecule has 0 bridgehead atoms. The fraction of sp³-hybridized carbons (Fsp3) is 0.263. The van der Waals surface area contributed by atoms with Gasteiger partial charge in [-0.1, -0.05) is 29.3 Å². The van der Waals surface area contributed by atoms with Crippen molar-refractivity contribution in [3.8, 4) is 5.69 Å². The van der Waals surface area contributed by atoms with E-state index in [0.717, 1.165) is 11.3 Å². The van der Waals surface area contributed by atoms with Crippen LogP contribution in [0.4, 0.5) is 11.4 Å². The van der Waals surface area contributed by atoms with Crippen molar-refractivity contribution in [1.82, 2.24) is 19.6 Å². The van der Waals surface area contributed by atoms with Gasteiger partial charge < -0.3 is 9.80 Å². The lowest BCUT2D eigenvalue weighted by molar-refractivity contribution is -0.117. The summed E-state index contributed by atoms with van der Waals surface area (Å²) in [5.41, 5.74) is 2.14. The van der Waals surface area contributed by atoms with Gasteiger partial charge in [0, 0.05) is 31.4 Å². The summed E-state index contributed by atoms with van der Waals surface area (Å²) in [5.74, 6) is -0.102. The second-order valence-corrected chi connectivity index (χ2v) is 7.62. The molecule has 10 heteroatoms. The first-order chi connectivity index (χ1) is 13.8. The Hall–Kier alpha value is -2.84. The van der Waals surface area contributed by atoms with Crippen molar-refractivity contribution in [1.29, 1.82) is 0 Å². The third-order valence-corrected chi connectivity index (χ3v) is 5.63. The van der Waals surface area contributed by atoms with Gasteiger partial charge in [-0.05, 0) is 24.6 Å². The minimum atomic E-state index is -0.466. The number of aryl methyl sites for hydroxylation is 2. The highest BCUT2D eigenvalue weighted by Crippen LogP contribution is 2.26. The fourth-order valence-electron chi connectivity index (χ4n) is 3.24. The van der Waals surface area contributed by atoms with E-state index >= 15 is 0 Å². The van der Waals surface area contributed by atoms with Gasteiger partial charge in [-0.2, -0.15) is 14.9 Å². The lowest BCUT2D eigenvalue weighted by Crippen LogP contribution is -2.51. The maximum atomic E-state index is 12.8. The lowest BCUT2D eigenvalue weighted by atomic mass is 10.2. The number of nitrogens with zero attached hydrogens (tertiary/aromatic N) is 6. The van der Waals surface area contributed by atoms with Crippen LogP contribution < -0.4 is 15.4 Å². The maximum Gasteiger partial charge on any atom is 0.292 e. The van der Waals surface area contributed by atoms with Gasteiger partial charge in [0.1, 0.15) is 5.02 Å². The van der Waals surface area contributed by atoms with Crippen LogP contribution in [0.15, 0.2) is 41.6 Å². The van der Waals surface area contributed by atoms with E-state index in [-0.39, 0.29) is 17.5 Å². The number of rotatable bonds is 3. The summed E-state index contributed by atoms with van der Waals surface area (Å²) in [5, 5.41) is 8.89. The molecule has 1 aromatic carbocycles. The van der Waals surface area contributed by atoms with E-state index < -0.39 is 5.56 Å². The van der Waals surface area contributed by atoms with Crippen LogP contribution in [-0.2, 0) is 11.8 Å². The molecule has 8 nitrogen and oxygen atoms in total. The van der Waals surface area contributed by atoms with Gasteiger partial charge in [0.05, 0.1) is 36.0 Å². The van der Waals surface area contributed by atoms with Crippen LogP contribution in [0.5, 0.6) is 0 Å². The number of hydrogen-bond acceptors (Lipinski definition) is 5. The van der Waals surface area contributed by atoms with Gasteiger partial charge in [-0.15, -0.1) is 0 Å². The van der Waals surface area contributed by atoms with Crippen molar-refractivity contribution >= 4 is 40.5 Å². The highest BCUT2D eigenvalue weighted by Gasteiger charge is 2.28. The standard InChI is InChI=1S/C19H18Cl2N6O2/c1-12-3-4-13(7-15(12)20)27-19(29)18(21)16(9-23-27)25-5-6-26(17(28)11-25)14-8-22-24(2)10-14/h3-4,7-10H,5-6,11H2,1-2H3. The van der Waals surface area contributed by atoms with Crippen LogP contribution in [-0.4, -0.2) is 45.1 Å². The number of amides is 1. The Bertz CT molecular complexity index is 1160. The normalized spacial score (nSPS) is 14.6. The first kappa shape index (κ1) is 19.5. The van der Waals surface area contributed by atoms with Crippen LogP contribution in [0.2, 0.25) is 10.0 Å². The summed E-state index contributed by atoms with van der Waals surface area (Å²) in [6.07, 6.45) is 4.94. The summed E-state index contributed by atoms with van der Waals surface area (Å²) >= 11 is 12.5. The third kappa shape index (κ3) is 3.61. The molecule has 4 rings (SSSR count). The highest BCUT2D eigenvalue weighted by atomic mass is 35.5. The minimum absolute atomic E-state index is 0.0133. The van der Waals surface area contributed by atoms with Gasteiger partial charge in [0.2, 0.25) is 5.91 Å². The molecule has 0 spiro atoms. The monoisotopic (exact) mass is 432 g/mol. The molecule has 0 atom stereocenters. The maximum absolute atomic E-state index is 12.8. The molecule has 29 heavy (non-hydrogen) atoms.